The molecule has 0 bridgehead atoms. The first-order valence-corrected chi connectivity index (χ1v) is 12.4. The van der Waals surface area contributed by atoms with E-state index >= 15 is 0 Å². The van der Waals surface area contributed by atoms with Gasteiger partial charge in [0.25, 0.3) is 0 Å². The van der Waals surface area contributed by atoms with Gasteiger partial charge in [0, 0.05) is 65.5 Å². The van der Waals surface area contributed by atoms with E-state index in [0.717, 1.165) is 13.1 Å². The Balaban J connectivity index is 1.23. The summed E-state index contributed by atoms with van der Waals surface area (Å²) in [7, 11) is 1.62. The van der Waals surface area contributed by atoms with Gasteiger partial charge in [0.05, 0.1) is 36.9 Å². The van der Waals surface area contributed by atoms with Crippen LogP contribution < -0.4 is 9.80 Å². The van der Waals surface area contributed by atoms with Crippen LogP contribution >= 0.6 is 0 Å². The lowest BCUT2D eigenvalue weighted by atomic mass is 10.0. The number of halogens is 3. The fourth-order valence-electron chi connectivity index (χ4n) is 5.48. The predicted octanol–water partition coefficient (Wildman–Crippen LogP) is 2.75. The lowest BCUT2D eigenvalue weighted by Gasteiger charge is -2.30. The molecule has 0 spiro atoms. The molecule has 37 heavy (non-hydrogen) atoms. The van der Waals surface area contributed by atoms with Crippen molar-refractivity contribution in [3.8, 4) is 0 Å². The Kier molecular flexibility index (Phi) is 6.88. The third-order valence-corrected chi connectivity index (χ3v) is 7.54. The van der Waals surface area contributed by atoms with Gasteiger partial charge in [-0.1, -0.05) is 0 Å². The first-order chi connectivity index (χ1) is 17.6. The molecule has 5 rings (SSSR count). The minimum absolute atomic E-state index is 0.152. The molecule has 3 fully saturated rings. The lowest BCUT2D eigenvalue weighted by molar-refractivity contribution is -0.137. The third-order valence-electron chi connectivity index (χ3n) is 7.54. The molecule has 1 aromatic carbocycles. The summed E-state index contributed by atoms with van der Waals surface area (Å²) in [5.41, 5.74) is 1.14. The summed E-state index contributed by atoms with van der Waals surface area (Å²) in [5, 5.41) is 4.12. The molecule has 2 unspecified atom stereocenters. The number of hydrogen-bond acceptors (Lipinski definition) is 6. The van der Waals surface area contributed by atoms with Crippen LogP contribution in [0.2, 0.25) is 0 Å². The van der Waals surface area contributed by atoms with E-state index in [1.165, 1.54) is 34.8 Å². The minimum atomic E-state index is -4.41. The third kappa shape index (κ3) is 5.45. The van der Waals surface area contributed by atoms with Crippen LogP contribution in [0, 0.1) is 11.8 Å². The Morgan fingerprint density at radius 1 is 1.08 bits per heavy atom. The Labute approximate surface area is 213 Å². The SMILES string of the molecule is CC(=O)N(C)c1cnn(C(=O)N2CC3CN(Cc4cc(N5CCOCC5)cc(C(F)(F)F)c4)CC3C2)c1. The number of fused-ring (bicyclic) bond motifs is 1. The first kappa shape index (κ1) is 25.5. The number of ether oxygens (including phenoxy) is 1. The molecule has 4 heterocycles. The van der Waals surface area contributed by atoms with Crippen molar-refractivity contribution in [1.29, 1.82) is 0 Å². The van der Waals surface area contributed by atoms with Crippen LogP contribution in [0.1, 0.15) is 18.1 Å². The zero-order valence-electron chi connectivity index (χ0n) is 20.9. The van der Waals surface area contributed by atoms with Gasteiger partial charge in [-0.25, -0.2) is 4.79 Å². The molecule has 0 radical (unpaired) electrons. The van der Waals surface area contributed by atoms with Crippen molar-refractivity contribution in [3.05, 3.63) is 41.7 Å². The Morgan fingerprint density at radius 2 is 1.76 bits per heavy atom. The second-order valence-corrected chi connectivity index (χ2v) is 10.1. The van der Waals surface area contributed by atoms with Gasteiger partial charge in [-0.15, -0.1) is 0 Å². The number of anilines is 2. The molecule has 3 saturated heterocycles. The highest BCUT2D eigenvalue weighted by Gasteiger charge is 2.42. The zero-order valence-corrected chi connectivity index (χ0v) is 20.9. The van der Waals surface area contributed by atoms with Gasteiger partial charge < -0.3 is 19.4 Å². The molecule has 200 valence electrons. The van der Waals surface area contributed by atoms with E-state index in [1.54, 1.807) is 18.1 Å². The van der Waals surface area contributed by atoms with E-state index in [2.05, 4.69) is 10.00 Å². The fraction of sp³-hybridized carbons (Fsp3) is 0.560. The summed E-state index contributed by atoms with van der Waals surface area (Å²) in [6.07, 6.45) is -1.38. The second kappa shape index (κ2) is 9.97. The molecule has 1 aromatic heterocycles. The maximum absolute atomic E-state index is 13.6. The summed E-state index contributed by atoms with van der Waals surface area (Å²) in [6, 6.07) is 4.10. The highest BCUT2D eigenvalue weighted by molar-refractivity contribution is 5.91. The summed E-state index contributed by atoms with van der Waals surface area (Å²) < 4.78 is 47.5. The van der Waals surface area contributed by atoms with Gasteiger partial charge in [-0.3, -0.25) is 9.69 Å². The number of amides is 2. The molecule has 2 atom stereocenters. The Hall–Kier alpha value is -3.12. The van der Waals surface area contributed by atoms with E-state index in [0.29, 0.717) is 62.9 Å². The molecule has 0 N–H and O–H groups in total. The summed E-state index contributed by atoms with van der Waals surface area (Å²) in [5.74, 6) is 0.354. The molecule has 3 aliphatic rings. The van der Waals surface area contributed by atoms with Crippen LogP contribution in [0.4, 0.5) is 29.3 Å². The van der Waals surface area contributed by atoms with Gasteiger partial charge in [0.15, 0.2) is 0 Å². The number of carbonyl (C=O) groups excluding carboxylic acids is 2. The topological polar surface area (TPSA) is 74.2 Å². The molecular weight excluding hydrogens is 489 g/mol. The van der Waals surface area contributed by atoms with E-state index in [1.807, 2.05) is 11.0 Å². The van der Waals surface area contributed by atoms with Crippen molar-refractivity contribution >= 4 is 23.3 Å². The molecule has 0 aliphatic carbocycles. The van der Waals surface area contributed by atoms with E-state index < -0.39 is 11.7 Å². The largest absolute Gasteiger partial charge is 0.416 e. The molecule has 9 nitrogen and oxygen atoms in total. The zero-order chi connectivity index (χ0) is 26.3. The van der Waals surface area contributed by atoms with Gasteiger partial charge in [0.2, 0.25) is 5.91 Å². The van der Waals surface area contributed by atoms with Crippen LogP contribution in [-0.4, -0.2) is 91.0 Å². The number of carbonyl (C=O) groups is 2. The number of alkyl halides is 3. The van der Waals surface area contributed by atoms with Gasteiger partial charge in [-0.2, -0.15) is 23.0 Å². The van der Waals surface area contributed by atoms with E-state index in [-0.39, 0.29) is 23.8 Å². The van der Waals surface area contributed by atoms with Crippen LogP contribution in [0.25, 0.3) is 0 Å². The Bertz CT molecular complexity index is 1150. The Morgan fingerprint density at radius 3 is 2.38 bits per heavy atom. The quantitative estimate of drug-likeness (QED) is 0.618. The van der Waals surface area contributed by atoms with Crippen molar-refractivity contribution in [2.75, 3.05) is 69.3 Å². The summed E-state index contributed by atoms with van der Waals surface area (Å²) >= 11 is 0. The molecule has 2 aromatic rings. The fourth-order valence-corrected chi connectivity index (χ4v) is 5.48. The number of likely N-dealkylation sites (tertiary alicyclic amines) is 2. The summed E-state index contributed by atoms with van der Waals surface area (Å²) in [4.78, 5) is 31.8. The van der Waals surface area contributed by atoms with Gasteiger partial charge >= 0.3 is 12.2 Å². The maximum atomic E-state index is 13.6. The molecule has 3 aliphatic heterocycles. The van der Waals surface area contributed by atoms with Crippen LogP contribution in [0.5, 0.6) is 0 Å². The number of aromatic nitrogens is 2. The predicted molar refractivity (Wildman–Crippen MR) is 130 cm³/mol. The number of hydrogen-bond donors (Lipinski definition) is 0. The normalized spacial score (nSPS) is 22.4. The molecule has 12 heteroatoms. The van der Waals surface area contributed by atoms with Gasteiger partial charge in [-0.05, 0) is 35.6 Å². The first-order valence-electron chi connectivity index (χ1n) is 12.4. The number of benzene rings is 1. The van der Waals surface area contributed by atoms with Crippen LogP contribution in [0.3, 0.4) is 0 Å². The second-order valence-electron chi connectivity index (χ2n) is 10.1. The highest BCUT2D eigenvalue weighted by Crippen LogP contribution is 2.36. The van der Waals surface area contributed by atoms with Gasteiger partial charge in [0.1, 0.15) is 0 Å². The monoisotopic (exact) mass is 520 g/mol. The number of morpholine rings is 1. The van der Waals surface area contributed by atoms with Crippen molar-refractivity contribution in [3.63, 3.8) is 0 Å². The van der Waals surface area contributed by atoms with E-state index in [4.69, 9.17) is 4.74 Å². The van der Waals surface area contributed by atoms with Crippen LogP contribution in [-0.2, 0) is 22.3 Å². The van der Waals surface area contributed by atoms with Crippen molar-refractivity contribution in [2.24, 2.45) is 11.8 Å². The number of nitrogens with zero attached hydrogens (tertiary/aromatic N) is 6. The van der Waals surface area contributed by atoms with Crippen molar-refractivity contribution < 1.29 is 27.5 Å². The van der Waals surface area contributed by atoms with Crippen LogP contribution in [0.15, 0.2) is 30.6 Å². The van der Waals surface area contributed by atoms with Crippen molar-refractivity contribution in [1.82, 2.24) is 19.6 Å². The minimum Gasteiger partial charge on any atom is -0.378 e. The smallest absolute Gasteiger partial charge is 0.378 e. The molecule has 2 amide bonds. The highest BCUT2D eigenvalue weighted by atomic mass is 19.4. The lowest BCUT2D eigenvalue weighted by Crippen LogP contribution is -2.37. The molecular formula is C25H31F3N6O3. The van der Waals surface area contributed by atoms with Crippen molar-refractivity contribution in [2.45, 2.75) is 19.6 Å². The average molecular weight is 521 g/mol. The maximum Gasteiger partial charge on any atom is 0.416 e. The molecule has 0 saturated carbocycles. The average Bonchev–Trinajstić information content (AvgIpc) is 3.58. The standard InChI is InChI=1S/C25H31F3N6O3/c1-17(35)30(2)23-10-29-34(16-23)24(36)33-14-19-12-31(13-20(19)15-33)11-18-7-21(25(26,27)28)9-22(8-18)32-3-5-37-6-4-32/h7-10,16,19-20H,3-6,11-15H2,1-2H3. The number of rotatable bonds is 4. The summed E-state index contributed by atoms with van der Waals surface area (Å²) in [6.45, 7) is 6.59. The van der Waals surface area contributed by atoms with E-state index in [9.17, 15) is 22.8 Å².